The zero-order valence-corrected chi connectivity index (χ0v) is 5.98. The first-order valence-corrected chi connectivity index (χ1v) is 3.21. The molecule has 2 N–H and O–H groups in total. The van der Waals surface area contributed by atoms with Crippen molar-refractivity contribution in [2.24, 2.45) is 5.73 Å². The molecule has 0 heterocycles. The van der Waals surface area contributed by atoms with Crippen molar-refractivity contribution in [3.63, 3.8) is 0 Å². The highest BCUT2D eigenvalue weighted by Crippen LogP contribution is 1.99. The van der Waals surface area contributed by atoms with Crippen molar-refractivity contribution in [3.8, 4) is 0 Å². The largest absolute Gasteiger partial charge is 0.366 e. The van der Waals surface area contributed by atoms with E-state index in [-0.39, 0.29) is 5.91 Å². The summed E-state index contributed by atoms with van der Waals surface area (Å²) in [7, 11) is 0. The highest BCUT2D eigenvalue weighted by atomic mass is 16.1. The summed E-state index contributed by atoms with van der Waals surface area (Å²) in [6.07, 6.45) is 3.48. The lowest BCUT2D eigenvalue weighted by molar-refractivity contribution is -0.114. The van der Waals surface area contributed by atoms with Gasteiger partial charge in [-0.2, -0.15) is 0 Å². The Hall–Kier alpha value is -0.790. The Kier molecular flexibility index (Phi) is 3.76. The number of nitrogens with two attached hydrogens (primary N) is 1. The second-order valence-electron chi connectivity index (χ2n) is 1.86. The SMILES string of the molecule is CCC=C(CC)C(N)=O. The third-order valence-electron chi connectivity index (χ3n) is 1.15. The molecular formula is C7H13NO. The first-order chi connectivity index (χ1) is 4.22. The molecule has 0 rings (SSSR count). The van der Waals surface area contributed by atoms with Crippen LogP contribution >= 0.6 is 0 Å². The van der Waals surface area contributed by atoms with Gasteiger partial charge < -0.3 is 5.73 Å². The molecule has 0 aliphatic carbocycles. The quantitative estimate of drug-likeness (QED) is 0.569. The van der Waals surface area contributed by atoms with Crippen molar-refractivity contribution >= 4 is 5.91 Å². The molecule has 0 saturated heterocycles. The van der Waals surface area contributed by atoms with Crippen LogP contribution in [-0.2, 0) is 4.79 Å². The number of rotatable bonds is 3. The van der Waals surface area contributed by atoms with Crippen LogP contribution in [0.1, 0.15) is 26.7 Å². The number of primary amides is 1. The van der Waals surface area contributed by atoms with Gasteiger partial charge in [0, 0.05) is 5.57 Å². The molecule has 0 unspecified atom stereocenters. The van der Waals surface area contributed by atoms with Gasteiger partial charge in [-0.3, -0.25) is 4.79 Å². The molecule has 0 fully saturated rings. The highest BCUT2D eigenvalue weighted by Gasteiger charge is 1.97. The minimum absolute atomic E-state index is 0.292. The summed E-state index contributed by atoms with van der Waals surface area (Å²) in [5.74, 6) is -0.292. The maximum atomic E-state index is 10.5. The van der Waals surface area contributed by atoms with Gasteiger partial charge in [0.25, 0.3) is 0 Å². The van der Waals surface area contributed by atoms with Crippen LogP contribution in [-0.4, -0.2) is 5.91 Å². The molecule has 0 atom stereocenters. The predicted octanol–water partition coefficient (Wildman–Crippen LogP) is 1.22. The summed E-state index contributed by atoms with van der Waals surface area (Å²) in [5.41, 5.74) is 5.76. The number of carbonyl (C=O) groups is 1. The van der Waals surface area contributed by atoms with E-state index in [1.807, 2.05) is 19.9 Å². The van der Waals surface area contributed by atoms with Gasteiger partial charge in [-0.15, -0.1) is 0 Å². The Bertz CT molecular complexity index is 127. The summed E-state index contributed by atoms with van der Waals surface area (Å²) >= 11 is 0. The second kappa shape index (κ2) is 4.13. The normalized spacial score (nSPS) is 11.6. The molecule has 2 nitrogen and oxygen atoms in total. The van der Waals surface area contributed by atoms with E-state index in [2.05, 4.69) is 0 Å². The number of allylic oxidation sites excluding steroid dienone is 1. The van der Waals surface area contributed by atoms with Gasteiger partial charge in [0.15, 0.2) is 0 Å². The molecule has 52 valence electrons. The smallest absolute Gasteiger partial charge is 0.244 e. The standard InChI is InChI=1S/C7H13NO/c1-3-5-6(4-2)7(8)9/h5H,3-4H2,1-2H3,(H2,8,9). The van der Waals surface area contributed by atoms with Crippen molar-refractivity contribution in [2.75, 3.05) is 0 Å². The predicted molar refractivity (Wildman–Crippen MR) is 37.9 cm³/mol. The van der Waals surface area contributed by atoms with Crippen molar-refractivity contribution in [1.29, 1.82) is 0 Å². The molecule has 0 aliphatic rings. The number of carbonyl (C=O) groups excluding carboxylic acids is 1. The molecule has 0 aromatic heterocycles. The summed E-state index contributed by atoms with van der Waals surface area (Å²) in [6, 6.07) is 0. The van der Waals surface area contributed by atoms with Crippen LogP contribution in [0.3, 0.4) is 0 Å². The molecule has 0 aliphatic heterocycles. The number of hydrogen-bond acceptors (Lipinski definition) is 1. The van der Waals surface area contributed by atoms with Crippen LogP contribution in [0.2, 0.25) is 0 Å². The van der Waals surface area contributed by atoms with Gasteiger partial charge >= 0.3 is 0 Å². The minimum atomic E-state index is -0.292. The molecule has 0 saturated carbocycles. The molecule has 0 bridgehead atoms. The number of hydrogen-bond donors (Lipinski definition) is 1. The minimum Gasteiger partial charge on any atom is -0.366 e. The third kappa shape index (κ3) is 2.90. The van der Waals surface area contributed by atoms with Gasteiger partial charge in [-0.1, -0.05) is 19.9 Å². The van der Waals surface area contributed by atoms with E-state index in [0.717, 1.165) is 18.4 Å². The van der Waals surface area contributed by atoms with Crippen molar-refractivity contribution in [1.82, 2.24) is 0 Å². The highest BCUT2D eigenvalue weighted by molar-refractivity contribution is 5.91. The van der Waals surface area contributed by atoms with Crippen LogP contribution in [0, 0.1) is 0 Å². The fourth-order valence-electron chi connectivity index (χ4n) is 0.666. The Balaban J connectivity index is 3.98. The topological polar surface area (TPSA) is 43.1 Å². The summed E-state index contributed by atoms with van der Waals surface area (Å²) in [6.45, 7) is 3.91. The van der Waals surface area contributed by atoms with E-state index in [9.17, 15) is 4.79 Å². The molecular weight excluding hydrogens is 114 g/mol. The van der Waals surface area contributed by atoms with Gasteiger partial charge in [0.1, 0.15) is 0 Å². The van der Waals surface area contributed by atoms with Crippen LogP contribution in [0.4, 0.5) is 0 Å². The first-order valence-electron chi connectivity index (χ1n) is 3.21. The fourth-order valence-corrected chi connectivity index (χ4v) is 0.666. The van der Waals surface area contributed by atoms with E-state index in [4.69, 9.17) is 5.73 Å². The Morgan fingerprint density at radius 3 is 2.22 bits per heavy atom. The zero-order chi connectivity index (χ0) is 7.28. The lowest BCUT2D eigenvalue weighted by Crippen LogP contribution is -2.13. The lowest BCUT2D eigenvalue weighted by atomic mass is 10.1. The van der Waals surface area contributed by atoms with Crippen LogP contribution in [0.5, 0.6) is 0 Å². The van der Waals surface area contributed by atoms with Crippen molar-refractivity contribution in [2.45, 2.75) is 26.7 Å². The first kappa shape index (κ1) is 8.21. The van der Waals surface area contributed by atoms with E-state index < -0.39 is 0 Å². The van der Waals surface area contributed by atoms with Gasteiger partial charge in [-0.25, -0.2) is 0 Å². The average Bonchev–Trinajstić information content (AvgIpc) is 1.82. The average molecular weight is 127 g/mol. The van der Waals surface area contributed by atoms with Crippen LogP contribution in [0.25, 0.3) is 0 Å². The van der Waals surface area contributed by atoms with Crippen LogP contribution in [0.15, 0.2) is 11.6 Å². The molecule has 0 radical (unpaired) electrons. The summed E-state index contributed by atoms with van der Waals surface area (Å²) in [4.78, 5) is 10.5. The monoisotopic (exact) mass is 127 g/mol. The van der Waals surface area contributed by atoms with E-state index >= 15 is 0 Å². The molecule has 0 aromatic carbocycles. The fraction of sp³-hybridized carbons (Fsp3) is 0.571. The third-order valence-corrected chi connectivity index (χ3v) is 1.15. The van der Waals surface area contributed by atoms with Crippen molar-refractivity contribution in [3.05, 3.63) is 11.6 Å². The van der Waals surface area contributed by atoms with Gasteiger partial charge in [-0.05, 0) is 12.8 Å². The van der Waals surface area contributed by atoms with Gasteiger partial charge in [0.05, 0.1) is 0 Å². The van der Waals surface area contributed by atoms with Crippen LogP contribution < -0.4 is 5.73 Å². The summed E-state index contributed by atoms with van der Waals surface area (Å²) in [5, 5.41) is 0. The second-order valence-corrected chi connectivity index (χ2v) is 1.86. The molecule has 9 heavy (non-hydrogen) atoms. The maximum Gasteiger partial charge on any atom is 0.244 e. The van der Waals surface area contributed by atoms with Gasteiger partial charge in [0.2, 0.25) is 5.91 Å². The van der Waals surface area contributed by atoms with E-state index in [1.54, 1.807) is 0 Å². The Morgan fingerprint density at radius 1 is 1.56 bits per heavy atom. The molecule has 1 amide bonds. The molecule has 0 aromatic rings. The maximum absolute atomic E-state index is 10.5. The Labute approximate surface area is 55.7 Å². The molecule has 2 heteroatoms. The number of amides is 1. The zero-order valence-electron chi connectivity index (χ0n) is 5.98. The molecule has 0 spiro atoms. The van der Waals surface area contributed by atoms with Crippen molar-refractivity contribution < 1.29 is 4.79 Å². The van der Waals surface area contributed by atoms with E-state index in [0.29, 0.717) is 0 Å². The van der Waals surface area contributed by atoms with E-state index in [1.165, 1.54) is 0 Å². The lowest BCUT2D eigenvalue weighted by Gasteiger charge is -1.94. The Morgan fingerprint density at radius 2 is 2.11 bits per heavy atom. The summed E-state index contributed by atoms with van der Waals surface area (Å²) < 4.78 is 0.